The van der Waals surface area contributed by atoms with E-state index in [2.05, 4.69) is 10.6 Å². The Morgan fingerprint density at radius 3 is 2.22 bits per heavy atom. The van der Waals surface area contributed by atoms with Gasteiger partial charge in [0, 0.05) is 12.6 Å². The van der Waals surface area contributed by atoms with Gasteiger partial charge in [-0.1, -0.05) is 30.3 Å². The molecule has 0 heterocycles. The summed E-state index contributed by atoms with van der Waals surface area (Å²) in [5, 5.41) is 5.16. The fourth-order valence-electron chi connectivity index (χ4n) is 1.94. The molecule has 23 heavy (non-hydrogen) atoms. The average molecular weight is 310 g/mol. The number of hydrogen-bond acceptors (Lipinski definition) is 3. The molecule has 0 aromatic heterocycles. The van der Waals surface area contributed by atoms with Crippen molar-refractivity contribution in [1.82, 2.24) is 10.6 Å². The Hall–Kier alpha value is -3.08. The first-order chi connectivity index (χ1) is 11.1. The molecule has 0 bridgehead atoms. The van der Waals surface area contributed by atoms with Crippen molar-refractivity contribution < 1.29 is 14.3 Å². The quantitative estimate of drug-likeness (QED) is 0.832. The Bertz CT molecular complexity index is 707. The molecular formula is C18H18N2O3. The van der Waals surface area contributed by atoms with Gasteiger partial charge in [0.2, 0.25) is 0 Å². The van der Waals surface area contributed by atoms with E-state index in [0.29, 0.717) is 5.56 Å². The first-order valence-electron chi connectivity index (χ1n) is 7.08. The number of hydrogen-bond donors (Lipinski definition) is 2. The van der Waals surface area contributed by atoms with Gasteiger partial charge >= 0.3 is 0 Å². The highest BCUT2D eigenvalue weighted by molar-refractivity contribution is 6.05. The Labute approximate surface area is 135 Å². The molecule has 2 aromatic rings. The van der Waals surface area contributed by atoms with Gasteiger partial charge in [0.1, 0.15) is 11.4 Å². The summed E-state index contributed by atoms with van der Waals surface area (Å²) in [5.41, 5.74) is 1.43. The summed E-state index contributed by atoms with van der Waals surface area (Å²) in [5.74, 6) is 0.0102. The van der Waals surface area contributed by atoms with E-state index in [1.54, 1.807) is 61.7 Å². The summed E-state index contributed by atoms with van der Waals surface area (Å²) in [6, 6.07) is 15.9. The van der Waals surface area contributed by atoms with E-state index in [1.165, 1.54) is 7.05 Å². The maximum atomic E-state index is 12.2. The van der Waals surface area contributed by atoms with E-state index in [4.69, 9.17) is 4.74 Å². The summed E-state index contributed by atoms with van der Waals surface area (Å²) in [7, 11) is 3.10. The van der Waals surface area contributed by atoms with E-state index >= 15 is 0 Å². The molecule has 0 spiro atoms. The van der Waals surface area contributed by atoms with Crippen molar-refractivity contribution in [1.29, 1.82) is 0 Å². The fraction of sp³-hybridized carbons (Fsp3) is 0.111. The number of amides is 2. The first kappa shape index (κ1) is 16.3. The van der Waals surface area contributed by atoms with Gasteiger partial charge in [0.15, 0.2) is 0 Å². The smallest absolute Gasteiger partial charge is 0.267 e. The summed E-state index contributed by atoms with van der Waals surface area (Å²) < 4.78 is 5.10. The third kappa shape index (κ3) is 4.44. The second-order valence-corrected chi connectivity index (χ2v) is 4.73. The SMILES string of the molecule is CNC(=O)C(=Cc1ccc(OC)cc1)NC(=O)c1ccccc1. The Kier molecular flexibility index (Phi) is 5.52. The van der Waals surface area contributed by atoms with Crippen LogP contribution in [0.3, 0.4) is 0 Å². The molecule has 0 aliphatic heterocycles. The molecule has 0 saturated heterocycles. The number of benzene rings is 2. The van der Waals surface area contributed by atoms with E-state index in [1.807, 2.05) is 6.07 Å². The maximum absolute atomic E-state index is 12.2. The zero-order valence-electron chi connectivity index (χ0n) is 13.0. The van der Waals surface area contributed by atoms with Gasteiger partial charge in [-0.05, 0) is 35.9 Å². The van der Waals surface area contributed by atoms with Crippen molar-refractivity contribution in [2.75, 3.05) is 14.2 Å². The van der Waals surface area contributed by atoms with E-state index in [0.717, 1.165) is 11.3 Å². The zero-order chi connectivity index (χ0) is 16.7. The molecule has 0 atom stereocenters. The molecule has 0 saturated carbocycles. The molecule has 5 heteroatoms. The van der Waals surface area contributed by atoms with Gasteiger partial charge < -0.3 is 15.4 Å². The highest BCUT2D eigenvalue weighted by Gasteiger charge is 2.13. The van der Waals surface area contributed by atoms with Crippen molar-refractivity contribution in [3.8, 4) is 5.75 Å². The lowest BCUT2D eigenvalue weighted by molar-refractivity contribution is -0.117. The summed E-state index contributed by atoms with van der Waals surface area (Å²) in [6.45, 7) is 0. The van der Waals surface area contributed by atoms with Crippen molar-refractivity contribution >= 4 is 17.9 Å². The van der Waals surface area contributed by atoms with Gasteiger partial charge in [0.25, 0.3) is 11.8 Å². The molecule has 0 radical (unpaired) electrons. The third-order valence-electron chi connectivity index (χ3n) is 3.18. The van der Waals surface area contributed by atoms with Gasteiger partial charge in [-0.3, -0.25) is 9.59 Å². The van der Waals surface area contributed by atoms with Crippen LogP contribution in [-0.4, -0.2) is 26.0 Å². The predicted octanol–water partition coefficient (Wildman–Crippen LogP) is 2.21. The molecule has 2 rings (SSSR count). The van der Waals surface area contributed by atoms with Crippen LogP contribution in [0.2, 0.25) is 0 Å². The van der Waals surface area contributed by atoms with Crippen molar-refractivity contribution in [3.05, 3.63) is 71.4 Å². The van der Waals surface area contributed by atoms with Gasteiger partial charge in [-0.15, -0.1) is 0 Å². The lowest BCUT2D eigenvalue weighted by Crippen LogP contribution is -2.33. The predicted molar refractivity (Wildman–Crippen MR) is 88.9 cm³/mol. The van der Waals surface area contributed by atoms with Crippen molar-refractivity contribution in [2.24, 2.45) is 0 Å². The van der Waals surface area contributed by atoms with Crippen molar-refractivity contribution in [2.45, 2.75) is 0 Å². The van der Waals surface area contributed by atoms with Crippen LogP contribution in [-0.2, 0) is 4.79 Å². The van der Waals surface area contributed by atoms with Gasteiger partial charge in [0.05, 0.1) is 7.11 Å². The second kappa shape index (κ2) is 7.79. The summed E-state index contributed by atoms with van der Waals surface area (Å²) in [6.07, 6.45) is 1.61. The molecule has 2 N–H and O–H groups in total. The highest BCUT2D eigenvalue weighted by atomic mass is 16.5. The molecule has 0 aliphatic carbocycles. The Morgan fingerprint density at radius 1 is 1.00 bits per heavy atom. The number of carbonyl (C=O) groups excluding carboxylic acids is 2. The normalized spacial score (nSPS) is 10.8. The van der Waals surface area contributed by atoms with Crippen LogP contribution in [0, 0.1) is 0 Å². The standard InChI is InChI=1S/C18H18N2O3/c1-19-18(22)16(12-13-8-10-15(23-2)11-9-13)20-17(21)14-6-4-3-5-7-14/h3-12H,1-2H3,(H,19,22)(H,20,21). The van der Waals surface area contributed by atoms with Crippen LogP contribution in [0.1, 0.15) is 15.9 Å². The Morgan fingerprint density at radius 2 is 1.65 bits per heavy atom. The molecule has 5 nitrogen and oxygen atoms in total. The maximum Gasteiger partial charge on any atom is 0.267 e. The van der Waals surface area contributed by atoms with E-state index in [9.17, 15) is 9.59 Å². The van der Waals surface area contributed by atoms with Crippen LogP contribution in [0.25, 0.3) is 6.08 Å². The molecule has 0 unspecified atom stereocenters. The number of carbonyl (C=O) groups is 2. The monoisotopic (exact) mass is 310 g/mol. The number of nitrogens with one attached hydrogen (secondary N) is 2. The van der Waals surface area contributed by atoms with Crippen LogP contribution >= 0.6 is 0 Å². The Balaban J connectivity index is 2.24. The van der Waals surface area contributed by atoms with Crippen LogP contribution in [0.4, 0.5) is 0 Å². The minimum atomic E-state index is -0.370. The van der Waals surface area contributed by atoms with Crippen LogP contribution in [0.15, 0.2) is 60.3 Å². The first-order valence-corrected chi connectivity index (χ1v) is 7.08. The topological polar surface area (TPSA) is 67.4 Å². The summed E-state index contributed by atoms with van der Waals surface area (Å²) in [4.78, 5) is 24.2. The second-order valence-electron chi connectivity index (χ2n) is 4.73. The van der Waals surface area contributed by atoms with Gasteiger partial charge in [-0.25, -0.2) is 0 Å². The third-order valence-corrected chi connectivity index (χ3v) is 3.18. The molecule has 118 valence electrons. The zero-order valence-corrected chi connectivity index (χ0v) is 13.0. The van der Waals surface area contributed by atoms with Gasteiger partial charge in [-0.2, -0.15) is 0 Å². The van der Waals surface area contributed by atoms with Crippen LogP contribution < -0.4 is 15.4 Å². The number of rotatable bonds is 5. The lowest BCUT2D eigenvalue weighted by atomic mass is 10.1. The summed E-state index contributed by atoms with van der Waals surface area (Å²) >= 11 is 0. The number of ether oxygens (including phenoxy) is 1. The van der Waals surface area contributed by atoms with E-state index in [-0.39, 0.29) is 17.5 Å². The lowest BCUT2D eigenvalue weighted by Gasteiger charge is -2.09. The number of likely N-dealkylation sites (N-methyl/N-ethyl adjacent to an activating group) is 1. The molecule has 2 amide bonds. The number of methoxy groups -OCH3 is 1. The molecule has 0 fully saturated rings. The molecule has 0 aliphatic rings. The molecule has 2 aromatic carbocycles. The minimum absolute atomic E-state index is 0.173. The minimum Gasteiger partial charge on any atom is -0.497 e. The largest absolute Gasteiger partial charge is 0.497 e. The fourth-order valence-corrected chi connectivity index (χ4v) is 1.94. The van der Waals surface area contributed by atoms with Crippen molar-refractivity contribution in [3.63, 3.8) is 0 Å². The highest BCUT2D eigenvalue weighted by Crippen LogP contribution is 2.13. The van der Waals surface area contributed by atoms with E-state index < -0.39 is 0 Å². The molecular weight excluding hydrogens is 292 g/mol. The average Bonchev–Trinajstić information content (AvgIpc) is 2.61. The van der Waals surface area contributed by atoms with Crippen LogP contribution in [0.5, 0.6) is 5.75 Å².